The monoisotopic (exact) mass is 248 g/mol. The minimum atomic E-state index is -0.123. The van der Waals surface area contributed by atoms with Gasteiger partial charge in [0.1, 0.15) is 5.01 Å². The number of aromatic nitrogens is 3. The van der Waals surface area contributed by atoms with Crippen LogP contribution in [0.25, 0.3) is 0 Å². The van der Waals surface area contributed by atoms with Gasteiger partial charge in [0.2, 0.25) is 11.0 Å². The molecule has 0 atom stereocenters. The number of carbonyl (C=O) groups excluding carboxylic acids is 1. The second-order valence-corrected chi connectivity index (χ2v) is 4.46. The standard InChI is InChI=1S/C11H12N4OS/c1-2-10-14-15-11(17-10)13-9(16)7-8-5-3-4-6-12-8/h3-6H,2,7H2,1H3,(H,13,15,16). The molecule has 0 saturated carbocycles. The number of nitrogens with one attached hydrogen (secondary N) is 1. The molecule has 0 saturated heterocycles. The van der Waals surface area contributed by atoms with Gasteiger partial charge in [0.15, 0.2) is 0 Å². The lowest BCUT2D eigenvalue weighted by Crippen LogP contribution is -2.14. The van der Waals surface area contributed by atoms with Crippen molar-refractivity contribution in [2.24, 2.45) is 0 Å². The summed E-state index contributed by atoms with van der Waals surface area (Å²) >= 11 is 1.40. The molecule has 17 heavy (non-hydrogen) atoms. The van der Waals surface area contributed by atoms with E-state index in [1.165, 1.54) is 11.3 Å². The number of nitrogens with zero attached hydrogens (tertiary/aromatic N) is 3. The third-order valence-corrected chi connectivity index (χ3v) is 3.07. The van der Waals surface area contributed by atoms with Gasteiger partial charge < -0.3 is 5.32 Å². The predicted octanol–water partition coefficient (Wildman–Crippen LogP) is 1.68. The van der Waals surface area contributed by atoms with Gasteiger partial charge in [-0.2, -0.15) is 0 Å². The summed E-state index contributed by atoms with van der Waals surface area (Å²) < 4.78 is 0. The number of hydrogen-bond acceptors (Lipinski definition) is 5. The van der Waals surface area contributed by atoms with Crippen molar-refractivity contribution in [2.45, 2.75) is 19.8 Å². The predicted molar refractivity (Wildman–Crippen MR) is 65.9 cm³/mol. The van der Waals surface area contributed by atoms with Crippen LogP contribution in [0.4, 0.5) is 5.13 Å². The molecule has 0 radical (unpaired) electrons. The highest BCUT2D eigenvalue weighted by atomic mass is 32.1. The fraction of sp³-hybridized carbons (Fsp3) is 0.273. The second-order valence-electron chi connectivity index (χ2n) is 3.40. The fourth-order valence-corrected chi connectivity index (χ4v) is 1.97. The van der Waals surface area contributed by atoms with Crippen LogP contribution in [0, 0.1) is 0 Å². The van der Waals surface area contributed by atoms with Gasteiger partial charge in [-0.3, -0.25) is 9.78 Å². The summed E-state index contributed by atoms with van der Waals surface area (Å²) in [5.41, 5.74) is 0.741. The van der Waals surface area contributed by atoms with Crippen molar-refractivity contribution in [3.8, 4) is 0 Å². The number of aryl methyl sites for hydroxylation is 1. The first-order valence-electron chi connectivity index (χ1n) is 5.30. The molecular formula is C11H12N4OS. The molecule has 0 aromatic carbocycles. The van der Waals surface area contributed by atoms with E-state index in [2.05, 4.69) is 20.5 Å². The second kappa shape index (κ2) is 5.49. The molecule has 2 heterocycles. The van der Waals surface area contributed by atoms with Crippen molar-refractivity contribution < 1.29 is 4.79 Å². The van der Waals surface area contributed by atoms with Crippen LogP contribution in [0.5, 0.6) is 0 Å². The van der Waals surface area contributed by atoms with Gasteiger partial charge >= 0.3 is 0 Å². The van der Waals surface area contributed by atoms with Crippen molar-refractivity contribution in [3.63, 3.8) is 0 Å². The number of amides is 1. The number of rotatable bonds is 4. The lowest BCUT2D eigenvalue weighted by atomic mass is 10.2. The van der Waals surface area contributed by atoms with Crippen molar-refractivity contribution in [1.29, 1.82) is 0 Å². The zero-order chi connectivity index (χ0) is 12.1. The highest BCUT2D eigenvalue weighted by Crippen LogP contribution is 2.15. The molecule has 0 bridgehead atoms. The lowest BCUT2D eigenvalue weighted by molar-refractivity contribution is -0.115. The number of carbonyl (C=O) groups is 1. The Morgan fingerprint density at radius 2 is 2.29 bits per heavy atom. The minimum absolute atomic E-state index is 0.123. The first-order chi connectivity index (χ1) is 8.28. The van der Waals surface area contributed by atoms with Gasteiger partial charge in [-0.15, -0.1) is 10.2 Å². The molecule has 0 aliphatic carbocycles. The van der Waals surface area contributed by atoms with Crippen LogP contribution in [0.15, 0.2) is 24.4 Å². The molecule has 6 heteroatoms. The number of anilines is 1. The highest BCUT2D eigenvalue weighted by molar-refractivity contribution is 7.15. The average molecular weight is 248 g/mol. The van der Waals surface area contributed by atoms with Crippen LogP contribution in [0.1, 0.15) is 17.6 Å². The molecule has 0 spiro atoms. The van der Waals surface area contributed by atoms with E-state index in [9.17, 15) is 4.79 Å². The molecule has 0 aliphatic heterocycles. The molecule has 2 aromatic rings. The van der Waals surface area contributed by atoms with Crippen molar-refractivity contribution >= 4 is 22.4 Å². The van der Waals surface area contributed by atoms with Gasteiger partial charge in [0.25, 0.3) is 0 Å². The van der Waals surface area contributed by atoms with E-state index in [0.717, 1.165) is 17.1 Å². The quantitative estimate of drug-likeness (QED) is 0.893. The average Bonchev–Trinajstić information content (AvgIpc) is 2.78. The summed E-state index contributed by atoms with van der Waals surface area (Å²) in [6.45, 7) is 2.00. The topological polar surface area (TPSA) is 67.8 Å². The maximum Gasteiger partial charge on any atom is 0.232 e. The van der Waals surface area contributed by atoms with Crippen molar-refractivity contribution in [3.05, 3.63) is 35.1 Å². The first-order valence-corrected chi connectivity index (χ1v) is 6.11. The fourth-order valence-electron chi connectivity index (χ4n) is 1.28. The smallest absolute Gasteiger partial charge is 0.232 e. The molecule has 1 N–H and O–H groups in total. The molecule has 5 nitrogen and oxygen atoms in total. The molecule has 0 aliphatic rings. The van der Waals surface area contributed by atoms with Crippen LogP contribution < -0.4 is 5.32 Å². The van der Waals surface area contributed by atoms with E-state index < -0.39 is 0 Å². The number of pyridine rings is 1. The van der Waals surface area contributed by atoms with Gasteiger partial charge in [-0.25, -0.2) is 0 Å². The summed E-state index contributed by atoms with van der Waals surface area (Å²) in [7, 11) is 0. The maximum atomic E-state index is 11.7. The Kier molecular flexibility index (Phi) is 3.77. The molecule has 0 fully saturated rings. The molecule has 0 unspecified atom stereocenters. The number of hydrogen-bond donors (Lipinski definition) is 1. The Morgan fingerprint density at radius 3 is 2.94 bits per heavy atom. The summed E-state index contributed by atoms with van der Waals surface area (Å²) in [6, 6.07) is 5.49. The third-order valence-electron chi connectivity index (χ3n) is 2.08. The van der Waals surface area contributed by atoms with E-state index in [0.29, 0.717) is 5.13 Å². The first kappa shape index (κ1) is 11.7. The Balaban J connectivity index is 1.93. The van der Waals surface area contributed by atoms with Crippen molar-refractivity contribution in [2.75, 3.05) is 5.32 Å². The lowest BCUT2D eigenvalue weighted by Gasteiger charge is -1.99. The molecule has 2 aromatic heterocycles. The van der Waals surface area contributed by atoms with Crippen molar-refractivity contribution in [1.82, 2.24) is 15.2 Å². The van der Waals surface area contributed by atoms with E-state index in [1.807, 2.05) is 25.1 Å². The van der Waals surface area contributed by atoms with Gasteiger partial charge in [-0.1, -0.05) is 24.3 Å². The van der Waals surface area contributed by atoms with E-state index in [1.54, 1.807) is 6.20 Å². The van der Waals surface area contributed by atoms with Crippen LogP contribution in [-0.4, -0.2) is 21.1 Å². The van der Waals surface area contributed by atoms with Crippen LogP contribution in [0.3, 0.4) is 0 Å². The van der Waals surface area contributed by atoms with Gasteiger partial charge in [0.05, 0.1) is 6.42 Å². The van der Waals surface area contributed by atoms with Crippen LogP contribution in [-0.2, 0) is 17.6 Å². The van der Waals surface area contributed by atoms with Crippen LogP contribution in [0.2, 0.25) is 0 Å². The largest absolute Gasteiger partial charge is 0.300 e. The zero-order valence-corrected chi connectivity index (χ0v) is 10.2. The Bertz CT molecular complexity index is 497. The molecular weight excluding hydrogens is 236 g/mol. The zero-order valence-electron chi connectivity index (χ0n) is 9.38. The summed E-state index contributed by atoms with van der Waals surface area (Å²) in [5, 5.41) is 12.0. The minimum Gasteiger partial charge on any atom is -0.300 e. The Labute approximate surface area is 103 Å². The van der Waals surface area contributed by atoms with E-state index in [4.69, 9.17) is 0 Å². The normalized spacial score (nSPS) is 10.2. The van der Waals surface area contributed by atoms with E-state index >= 15 is 0 Å². The van der Waals surface area contributed by atoms with Gasteiger partial charge in [0, 0.05) is 11.9 Å². The summed E-state index contributed by atoms with van der Waals surface area (Å²) in [5.74, 6) is -0.123. The molecule has 2 rings (SSSR count). The molecule has 88 valence electrons. The molecule has 1 amide bonds. The highest BCUT2D eigenvalue weighted by Gasteiger charge is 2.08. The van der Waals surface area contributed by atoms with E-state index in [-0.39, 0.29) is 12.3 Å². The maximum absolute atomic E-state index is 11.7. The summed E-state index contributed by atoms with van der Waals surface area (Å²) in [6.07, 6.45) is 2.75. The summed E-state index contributed by atoms with van der Waals surface area (Å²) in [4.78, 5) is 15.8. The SMILES string of the molecule is CCc1nnc(NC(=O)Cc2ccccn2)s1. The van der Waals surface area contributed by atoms with Crippen LogP contribution >= 0.6 is 11.3 Å². The van der Waals surface area contributed by atoms with Gasteiger partial charge in [-0.05, 0) is 18.6 Å². The Hall–Kier alpha value is -1.82. The Morgan fingerprint density at radius 1 is 1.41 bits per heavy atom. The third kappa shape index (κ3) is 3.32.